The van der Waals surface area contributed by atoms with Gasteiger partial charge in [0.25, 0.3) is 0 Å². The number of amides is 2. The zero-order chi connectivity index (χ0) is 16.5. The molecule has 0 aliphatic rings. The van der Waals surface area contributed by atoms with Crippen LogP contribution in [0, 0.1) is 5.92 Å². The molecule has 0 aliphatic heterocycles. The molecule has 0 bridgehead atoms. The molecule has 0 aliphatic carbocycles. The monoisotopic (exact) mass is 307 g/mol. The number of anilines is 1. The van der Waals surface area contributed by atoms with Crippen molar-refractivity contribution in [1.82, 2.24) is 10.6 Å². The highest BCUT2D eigenvalue weighted by molar-refractivity contribution is 5.73. The molecular weight excluding hydrogens is 278 g/mol. The Kier molecular flexibility index (Phi) is 7.74. The molecule has 5 heteroatoms. The third kappa shape index (κ3) is 7.31. The molecule has 2 atom stereocenters. The second kappa shape index (κ2) is 9.30. The lowest BCUT2D eigenvalue weighted by molar-refractivity contribution is 0.163. The first-order chi connectivity index (χ1) is 10.4. The fraction of sp³-hybridized carbons (Fsp3) is 0.588. The average Bonchev–Trinajstić information content (AvgIpc) is 2.45. The topological polar surface area (TPSA) is 64.6 Å². The lowest BCUT2D eigenvalue weighted by atomic mass is 10.1. The summed E-state index contributed by atoms with van der Waals surface area (Å²) in [5.74, 6) is 0.268. The first-order valence-corrected chi connectivity index (χ1v) is 7.84. The summed E-state index contributed by atoms with van der Waals surface area (Å²) < 4.78 is 0. The van der Waals surface area contributed by atoms with Crippen LogP contribution in [0.3, 0.4) is 0 Å². The highest BCUT2D eigenvalue weighted by atomic mass is 16.3. The normalized spacial score (nSPS) is 13.3. The van der Waals surface area contributed by atoms with Crippen molar-refractivity contribution in [2.75, 3.05) is 32.1 Å². The van der Waals surface area contributed by atoms with Gasteiger partial charge in [-0.25, -0.2) is 4.79 Å². The van der Waals surface area contributed by atoms with E-state index in [4.69, 9.17) is 0 Å². The highest BCUT2D eigenvalue weighted by Crippen LogP contribution is 2.12. The maximum absolute atomic E-state index is 11.7. The summed E-state index contributed by atoms with van der Waals surface area (Å²) >= 11 is 0. The number of urea groups is 1. The van der Waals surface area contributed by atoms with E-state index in [-0.39, 0.29) is 18.1 Å². The predicted molar refractivity (Wildman–Crippen MR) is 91.3 cm³/mol. The Bertz CT molecular complexity index is 444. The molecule has 1 rings (SSSR count). The molecule has 0 aromatic heterocycles. The van der Waals surface area contributed by atoms with Crippen LogP contribution >= 0.6 is 0 Å². The van der Waals surface area contributed by atoms with E-state index < -0.39 is 0 Å². The van der Waals surface area contributed by atoms with E-state index in [0.29, 0.717) is 19.5 Å². The SMILES string of the molecule is CC(O)CC(C)CNC(=O)NCCc1ccc(N(C)C)cc1. The van der Waals surface area contributed by atoms with Crippen molar-refractivity contribution in [2.45, 2.75) is 32.8 Å². The molecule has 0 saturated carbocycles. The Morgan fingerprint density at radius 1 is 1.18 bits per heavy atom. The van der Waals surface area contributed by atoms with Crippen LogP contribution in [-0.2, 0) is 6.42 Å². The molecule has 0 saturated heterocycles. The summed E-state index contributed by atoms with van der Waals surface area (Å²) in [5, 5.41) is 15.0. The number of rotatable bonds is 8. The molecular formula is C17H29N3O2. The molecule has 3 N–H and O–H groups in total. The summed E-state index contributed by atoms with van der Waals surface area (Å²) in [4.78, 5) is 13.7. The second-order valence-corrected chi connectivity index (χ2v) is 6.14. The van der Waals surface area contributed by atoms with Gasteiger partial charge in [-0.1, -0.05) is 19.1 Å². The Morgan fingerprint density at radius 3 is 2.36 bits per heavy atom. The zero-order valence-electron chi connectivity index (χ0n) is 14.1. The first kappa shape index (κ1) is 18.3. The summed E-state index contributed by atoms with van der Waals surface area (Å²) in [6.07, 6.45) is 1.17. The van der Waals surface area contributed by atoms with E-state index in [2.05, 4.69) is 39.8 Å². The van der Waals surface area contributed by atoms with Gasteiger partial charge in [0, 0.05) is 32.9 Å². The van der Waals surface area contributed by atoms with E-state index in [1.807, 2.05) is 21.0 Å². The van der Waals surface area contributed by atoms with E-state index in [1.54, 1.807) is 6.92 Å². The Hall–Kier alpha value is -1.75. The van der Waals surface area contributed by atoms with E-state index in [1.165, 1.54) is 11.3 Å². The van der Waals surface area contributed by atoms with Gasteiger partial charge < -0.3 is 20.6 Å². The molecule has 2 amide bonds. The van der Waals surface area contributed by atoms with E-state index in [9.17, 15) is 9.90 Å². The zero-order valence-corrected chi connectivity index (χ0v) is 14.1. The number of nitrogens with one attached hydrogen (secondary N) is 2. The molecule has 0 heterocycles. The molecule has 0 fully saturated rings. The van der Waals surface area contributed by atoms with Gasteiger partial charge in [-0.3, -0.25) is 0 Å². The summed E-state index contributed by atoms with van der Waals surface area (Å²) in [6, 6.07) is 8.17. The van der Waals surface area contributed by atoms with Gasteiger partial charge >= 0.3 is 6.03 Å². The van der Waals surface area contributed by atoms with Crippen LogP contribution in [0.5, 0.6) is 0 Å². The maximum atomic E-state index is 11.7. The highest BCUT2D eigenvalue weighted by Gasteiger charge is 2.07. The summed E-state index contributed by atoms with van der Waals surface area (Å²) in [7, 11) is 4.03. The molecule has 0 radical (unpaired) electrons. The van der Waals surface area contributed by atoms with Gasteiger partial charge in [0.1, 0.15) is 0 Å². The van der Waals surface area contributed by atoms with Crippen molar-refractivity contribution in [1.29, 1.82) is 0 Å². The third-order valence-electron chi connectivity index (χ3n) is 3.51. The number of nitrogens with zero attached hydrogens (tertiary/aromatic N) is 1. The molecule has 1 aromatic rings. The van der Waals surface area contributed by atoms with Crippen molar-refractivity contribution in [3.63, 3.8) is 0 Å². The number of carbonyl (C=O) groups is 1. The number of aliphatic hydroxyl groups is 1. The lowest BCUT2D eigenvalue weighted by Gasteiger charge is -2.15. The number of carbonyl (C=O) groups excluding carboxylic acids is 1. The Morgan fingerprint density at radius 2 is 1.82 bits per heavy atom. The third-order valence-corrected chi connectivity index (χ3v) is 3.51. The van der Waals surface area contributed by atoms with Gasteiger partial charge in [-0.05, 0) is 43.4 Å². The van der Waals surface area contributed by atoms with E-state index in [0.717, 1.165) is 6.42 Å². The minimum Gasteiger partial charge on any atom is -0.393 e. The summed E-state index contributed by atoms with van der Waals surface area (Å²) in [6.45, 7) is 4.96. The molecule has 124 valence electrons. The van der Waals surface area contributed by atoms with Crippen molar-refractivity contribution >= 4 is 11.7 Å². The Balaban J connectivity index is 2.22. The fourth-order valence-corrected chi connectivity index (χ4v) is 2.28. The maximum Gasteiger partial charge on any atom is 0.314 e. The molecule has 0 spiro atoms. The van der Waals surface area contributed by atoms with Gasteiger partial charge in [0.05, 0.1) is 6.10 Å². The first-order valence-electron chi connectivity index (χ1n) is 7.84. The minimum absolute atomic E-state index is 0.151. The molecule has 5 nitrogen and oxygen atoms in total. The van der Waals surface area contributed by atoms with Gasteiger partial charge in [-0.15, -0.1) is 0 Å². The number of hydrogen-bond acceptors (Lipinski definition) is 3. The second-order valence-electron chi connectivity index (χ2n) is 6.14. The van der Waals surface area contributed by atoms with Gasteiger partial charge in [-0.2, -0.15) is 0 Å². The Labute approximate surface area is 133 Å². The van der Waals surface area contributed by atoms with Gasteiger partial charge in [0.15, 0.2) is 0 Å². The average molecular weight is 307 g/mol. The standard InChI is InChI=1S/C17H29N3O2/c1-13(11-14(2)21)12-19-17(22)18-10-9-15-5-7-16(8-6-15)20(3)4/h5-8,13-14,21H,9-12H2,1-4H3,(H2,18,19,22). The van der Waals surface area contributed by atoms with Crippen LogP contribution < -0.4 is 15.5 Å². The number of benzene rings is 1. The van der Waals surface area contributed by atoms with E-state index >= 15 is 0 Å². The van der Waals surface area contributed by atoms with Gasteiger partial charge in [0.2, 0.25) is 0 Å². The van der Waals surface area contributed by atoms with Crippen molar-refractivity contribution in [3.8, 4) is 0 Å². The number of aliphatic hydroxyl groups excluding tert-OH is 1. The van der Waals surface area contributed by atoms with Crippen molar-refractivity contribution < 1.29 is 9.90 Å². The van der Waals surface area contributed by atoms with Crippen LogP contribution in [0.15, 0.2) is 24.3 Å². The molecule has 22 heavy (non-hydrogen) atoms. The van der Waals surface area contributed by atoms with Crippen LogP contribution in [0.1, 0.15) is 25.8 Å². The van der Waals surface area contributed by atoms with Crippen molar-refractivity contribution in [2.24, 2.45) is 5.92 Å². The molecule has 1 aromatic carbocycles. The number of hydrogen-bond donors (Lipinski definition) is 3. The fourth-order valence-electron chi connectivity index (χ4n) is 2.28. The van der Waals surface area contributed by atoms with Crippen LogP contribution in [-0.4, -0.2) is 44.4 Å². The van der Waals surface area contributed by atoms with Crippen LogP contribution in [0.25, 0.3) is 0 Å². The quantitative estimate of drug-likeness (QED) is 0.688. The summed E-state index contributed by atoms with van der Waals surface area (Å²) in [5.41, 5.74) is 2.37. The van der Waals surface area contributed by atoms with Crippen LogP contribution in [0.2, 0.25) is 0 Å². The lowest BCUT2D eigenvalue weighted by Crippen LogP contribution is -2.39. The van der Waals surface area contributed by atoms with Crippen molar-refractivity contribution in [3.05, 3.63) is 29.8 Å². The van der Waals surface area contributed by atoms with Crippen LogP contribution in [0.4, 0.5) is 10.5 Å². The minimum atomic E-state index is -0.329. The largest absolute Gasteiger partial charge is 0.393 e. The predicted octanol–water partition coefficient (Wildman–Crippen LogP) is 2.00. The molecule has 2 unspecified atom stereocenters. The smallest absolute Gasteiger partial charge is 0.314 e.